The summed E-state index contributed by atoms with van der Waals surface area (Å²) in [6, 6.07) is 7.41. The largest absolute Gasteiger partial charge is 0.271 e. The van der Waals surface area contributed by atoms with Crippen molar-refractivity contribution in [2.24, 2.45) is 0 Å². The van der Waals surface area contributed by atoms with Gasteiger partial charge in [0.2, 0.25) is 0 Å². The molecule has 0 saturated carbocycles. The average molecular weight is 295 g/mol. The third-order valence-corrected chi connectivity index (χ3v) is 3.07. The molecular weight excluding hydrogens is 288 g/mol. The van der Waals surface area contributed by atoms with Gasteiger partial charge in [-0.1, -0.05) is 0 Å². The fraction of sp³-hybridized carbons (Fsp3) is 0.100. The molecule has 1 aromatic heterocycles. The molecule has 0 bridgehead atoms. The normalized spacial score (nSPS) is 10.1. The molecule has 0 atom stereocenters. The first-order chi connectivity index (χ1) is 7.63. The average Bonchev–Trinajstić information content (AvgIpc) is 2.59. The molecular formula is C10H7BrN4S. The van der Waals surface area contributed by atoms with E-state index in [2.05, 4.69) is 32.2 Å². The lowest BCUT2D eigenvalue weighted by Crippen LogP contribution is -1.98. The third kappa shape index (κ3) is 1.79. The van der Waals surface area contributed by atoms with Gasteiger partial charge in [-0.05, 0) is 53.3 Å². The molecule has 2 aromatic rings. The fourth-order valence-corrected chi connectivity index (χ4v) is 2.25. The van der Waals surface area contributed by atoms with Crippen LogP contribution in [0.4, 0.5) is 0 Å². The maximum atomic E-state index is 8.78. The van der Waals surface area contributed by atoms with Crippen LogP contribution < -0.4 is 0 Å². The molecule has 0 aliphatic carbocycles. The van der Waals surface area contributed by atoms with Crippen LogP contribution >= 0.6 is 28.1 Å². The summed E-state index contributed by atoms with van der Waals surface area (Å²) >= 11 is 8.55. The van der Waals surface area contributed by atoms with E-state index in [1.165, 1.54) is 0 Å². The number of nitrogens with zero attached hydrogens (tertiary/aromatic N) is 3. The number of H-pyrrole nitrogens is 1. The zero-order chi connectivity index (χ0) is 11.7. The monoisotopic (exact) mass is 294 g/mol. The van der Waals surface area contributed by atoms with Crippen LogP contribution in [0.2, 0.25) is 0 Å². The Morgan fingerprint density at radius 2 is 2.31 bits per heavy atom. The van der Waals surface area contributed by atoms with Crippen molar-refractivity contribution < 1.29 is 0 Å². The van der Waals surface area contributed by atoms with Crippen LogP contribution in [-0.2, 0) is 0 Å². The molecule has 0 radical (unpaired) electrons. The van der Waals surface area contributed by atoms with Crippen molar-refractivity contribution in [1.29, 1.82) is 5.26 Å². The van der Waals surface area contributed by atoms with Crippen LogP contribution in [0.3, 0.4) is 0 Å². The van der Waals surface area contributed by atoms with Crippen molar-refractivity contribution in [3.05, 3.63) is 38.8 Å². The van der Waals surface area contributed by atoms with E-state index in [4.69, 9.17) is 17.5 Å². The highest BCUT2D eigenvalue weighted by molar-refractivity contribution is 9.10. The van der Waals surface area contributed by atoms with Crippen molar-refractivity contribution in [1.82, 2.24) is 14.8 Å². The van der Waals surface area contributed by atoms with Crippen molar-refractivity contribution in [2.75, 3.05) is 0 Å². The molecule has 80 valence electrons. The van der Waals surface area contributed by atoms with Gasteiger partial charge in [0.15, 0.2) is 4.77 Å². The number of aromatic amines is 1. The second-order valence-electron chi connectivity index (χ2n) is 3.19. The van der Waals surface area contributed by atoms with E-state index in [0.717, 1.165) is 16.0 Å². The maximum absolute atomic E-state index is 8.78. The first kappa shape index (κ1) is 11.0. The SMILES string of the molecule is Cc1n[nH]c(=S)n1-c1ccc(C#N)cc1Br. The highest BCUT2D eigenvalue weighted by Gasteiger charge is 2.08. The van der Waals surface area contributed by atoms with Crippen molar-refractivity contribution in [3.8, 4) is 11.8 Å². The summed E-state index contributed by atoms with van der Waals surface area (Å²) < 4.78 is 3.15. The third-order valence-electron chi connectivity index (χ3n) is 2.16. The minimum Gasteiger partial charge on any atom is -0.271 e. The lowest BCUT2D eigenvalue weighted by molar-refractivity contribution is 0.958. The summed E-state index contributed by atoms with van der Waals surface area (Å²) in [6.07, 6.45) is 0. The zero-order valence-corrected chi connectivity index (χ0v) is 10.8. The van der Waals surface area contributed by atoms with Gasteiger partial charge >= 0.3 is 0 Å². The Hall–Kier alpha value is -1.45. The van der Waals surface area contributed by atoms with Gasteiger partial charge in [0.1, 0.15) is 5.82 Å². The number of halogens is 1. The molecule has 0 saturated heterocycles. The molecule has 1 N–H and O–H groups in total. The van der Waals surface area contributed by atoms with Crippen LogP contribution in [0.25, 0.3) is 5.69 Å². The molecule has 0 aliphatic rings. The van der Waals surface area contributed by atoms with Crippen LogP contribution in [-0.4, -0.2) is 14.8 Å². The molecule has 0 amide bonds. The molecule has 0 spiro atoms. The van der Waals surface area contributed by atoms with Gasteiger partial charge in [-0.15, -0.1) is 0 Å². The quantitative estimate of drug-likeness (QED) is 0.823. The van der Waals surface area contributed by atoms with Gasteiger partial charge < -0.3 is 0 Å². The number of hydrogen-bond donors (Lipinski definition) is 1. The Labute approximate surface area is 106 Å². The van der Waals surface area contributed by atoms with E-state index < -0.39 is 0 Å². The number of benzene rings is 1. The first-order valence-corrected chi connectivity index (χ1v) is 5.67. The molecule has 0 unspecified atom stereocenters. The summed E-state index contributed by atoms with van der Waals surface area (Å²) in [6.45, 7) is 1.86. The summed E-state index contributed by atoms with van der Waals surface area (Å²) in [5, 5.41) is 15.5. The van der Waals surface area contributed by atoms with Gasteiger partial charge in [-0.3, -0.25) is 9.67 Å². The van der Waals surface area contributed by atoms with Gasteiger partial charge in [-0.25, -0.2) is 0 Å². The number of aryl methyl sites for hydroxylation is 1. The van der Waals surface area contributed by atoms with Crippen molar-refractivity contribution in [3.63, 3.8) is 0 Å². The Kier molecular flexibility index (Phi) is 2.90. The lowest BCUT2D eigenvalue weighted by Gasteiger charge is -2.06. The topological polar surface area (TPSA) is 57.4 Å². The van der Waals surface area contributed by atoms with Crippen LogP contribution in [0, 0.1) is 23.0 Å². The van der Waals surface area contributed by atoms with E-state index in [0.29, 0.717) is 10.3 Å². The molecule has 1 aromatic carbocycles. The zero-order valence-electron chi connectivity index (χ0n) is 8.36. The van der Waals surface area contributed by atoms with Gasteiger partial charge in [0.25, 0.3) is 0 Å². The maximum Gasteiger partial charge on any atom is 0.199 e. The standard InChI is InChI=1S/C10H7BrN4S/c1-6-13-14-10(16)15(6)9-3-2-7(5-12)4-8(9)11/h2-4H,1H3,(H,14,16). The van der Waals surface area contributed by atoms with E-state index in [-0.39, 0.29) is 0 Å². The highest BCUT2D eigenvalue weighted by Crippen LogP contribution is 2.23. The molecule has 1 heterocycles. The Morgan fingerprint density at radius 3 is 2.81 bits per heavy atom. The van der Waals surface area contributed by atoms with E-state index in [1.807, 2.05) is 13.0 Å². The highest BCUT2D eigenvalue weighted by atomic mass is 79.9. The summed E-state index contributed by atoms with van der Waals surface area (Å²) in [5.74, 6) is 0.774. The van der Waals surface area contributed by atoms with Gasteiger partial charge in [-0.2, -0.15) is 10.4 Å². The van der Waals surface area contributed by atoms with Crippen molar-refractivity contribution >= 4 is 28.1 Å². The Balaban J connectivity index is 2.67. The molecule has 16 heavy (non-hydrogen) atoms. The number of aromatic nitrogens is 3. The van der Waals surface area contributed by atoms with Crippen LogP contribution in [0.5, 0.6) is 0 Å². The second-order valence-corrected chi connectivity index (χ2v) is 4.43. The Morgan fingerprint density at radius 1 is 1.56 bits per heavy atom. The van der Waals surface area contributed by atoms with Gasteiger partial charge in [0, 0.05) is 4.47 Å². The minimum absolute atomic E-state index is 0.530. The molecule has 0 fully saturated rings. The smallest absolute Gasteiger partial charge is 0.199 e. The number of rotatable bonds is 1. The molecule has 6 heteroatoms. The predicted octanol–water partition coefficient (Wildman–Crippen LogP) is 2.87. The summed E-state index contributed by atoms with van der Waals surface area (Å²) in [4.78, 5) is 0. The van der Waals surface area contributed by atoms with Crippen molar-refractivity contribution in [2.45, 2.75) is 6.92 Å². The minimum atomic E-state index is 0.530. The fourth-order valence-electron chi connectivity index (χ4n) is 1.42. The number of hydrogen-bond acceptors (Lipinski definition) is 3. The summed E-state index contributed by atoms with van der Waals surface area (Å²) in [7, 11) is 0. The van der Waals surface area contributed by atoms with Crippen LogP contribution in [0.15, 0.2) is 22.7 Å². The molecule has 0 aliphatic heterocycles. The second kappa shape index (κ2) is 4.20. The van der Waals surface area contributed by atoms with Crippen LogP contribution in [0.1, 0.15) is 11.4 Å². The lowest BCUT2D eigenvalue weighted by atomic mass is 10.2. The molecule has 4 nitrogen and oxygen atoms in total. The van der Waals surface area contributed by atoms with E-state index >= 15 is 0 Å². The molecule has 2 rings (SSSR count). The van der Waals surface area contributed by atoms with E-state index in [9.17, 15) is 0 Å². The Bertz CT molecular complexity index is 635. The predicted molar refractivity (Wildman–Crippen MR) is 65.9 cm³/mol. The first-order valence-electron chi connectivity index (χ1n) is 4.47. The van der Waals surface area contributed by atoms with E-state index in [1.54, 1.807) is 16.7 Å². The summed E-state index contributed by atoms with van der Waals surface area (Å²) in [5.41, 5.74) is 1.47. The van der Waals surface area contributed by atoms with Gasteiger partial charge in [0.05, 0.1) is 17.3 Å². The number of nitrogens with one attached hydrogen (secondary N) is 1. The number of nitriles is 1.